The summed E-state index contributed by atoms with van der Waals surface area (Å²) in [5.41, 5.74) is 0. The van der Waals surface area contributed by atoms with E-state index >= 15 is 0 Å². The number of hydrogen-bond acceptors (Lipinski definition) is 3. The molecule has 0 radical (unpaired) electrons. The van der Waals surface area contributed by atoms with Crippen molar-refractivity contribution < 1.29 is 4.21 Å². The van der Waals surface area contributed by atoms with Gasteiger partial charge in [0.15, 0.2) is 5.82 Å². The SMILES string of the molecule is Cc1nc(CS(C)=O)n[nH]1. The van der Waals surface area contributed by atoms with E-state index in [-0.39, 0.29) is 0 Å². The molecule has 1 N–H and O–H groups in total. The summed E-state index contributed by atoms with van der Waals surface area (Å²) in [6, 6.07) is 0. The maximum atomic E-state index is 10.6. The lowest BCUT2D eigenvalue weighted by atomic mass is 10.7. The first kappa shape index (κ1) is 7.40. The molecule has 0 fully saturated rings. The number of nitrogens with zero attached hydrogens (tertiary/aromatic N) is 2. The summed E-state index contributed by atoms with van der Waals surface area (Å²) in [4.78, 5) is 3.99. The van der Waals surface area contributed by atoms with E-state index in [1.165, 1.54) is 0 Å². The summed E-state index contributed by atoms with van der Waals surface area (Å²) >= 11 is 0. The summed E-state index contributed by atoms with van der Waals surface area (Å²) in [6.07, 6.45) is 1.63. The Kier molecular flexibility index (Phi) is 2.16. The van der Waals surface area contributed by atoms with Crippen LogP contribution in [0.2, 0.25) is 0 Å². The molecule has 1 unspecified atom stereocenters. The van der Waals surface area contributed by atoms with Gasteiger partial charge in [0.2, 0.25) is 0 Å². The van der Waals surface area contributed by atoms with E-state index in [2.05, 4.69) is 15.2 Å². The van der Waals surface area contributed by atoms with Crippen LogP contribution in [0.25, 0.3) is 0 Å². The van der Waals surface area contributed by atoms with E-state index in [0.29, 0.717) is 11.6 Å². The van der Waals surface area contributed by atoms with Crippen LogP contribution < -0.4 is 0 Å². The zero-order chi connectivity index (χ0) is 7.56. The average molecular weight is 159 g/mol. The van der Waals surface area contributed by atoms with E-state index in [9.17, 15) is 4.21 Å². The lowest BCUT2D eigenvalue weighted by Crippen LogP contribution is -1.94. The monoisotopic (exact) mass is 159 g/mol. The van der Waals surface area contributed by atoms with Gasteiger partial charge in [0.25, 0.3) is 0 Å². The molecule has 10 heavy (non-hydrogen) atoms. The molecule has 0 spiro atoms. The predicted molar refractivity (Wildman–Crippen MR) is 38.9 cm³/mol. The van der Waals surface area contributed by atoms with Gasteiger partial charge >= 0.3 is 0 Å². The number of H-pyrrole nitrogens is 1. The molecule has 56 valence electrons. The smallest absolute Gasteiger partial charge is 0.163 e. The van der Waals surface area contributed by atoms with Gasteiger partial charge in [0, 0.05) is 17.1 Å². The van der Waals surface area contributed by atoms with Crippen LogP contribution in [-0.4, -0.2) is 25.6 Å². The van der Waals surface area contributed by atoms with Gasteiger partial charge in [0.05, 0.1) is 5.75 Å². The van der Waals surface area contributed by atoms with Crippen molar-refractivity contribution in [2.45, 2.75) is 12.7 Å². The highest BCUT2D eigenvalue weighted by atomic mass is 32.2. The van der Waals surface area contributed by atoms with E-state index in [0.717, 1.165) is 5.82 Å². The molecule has 0 saturated heterocycles. The minimum atomic E-state index is -0.848. The summed E-state index contributed by atoms with van der Waals surface area (Å²) in [6.45, 7) is 1.81. The lowest BCUT2D eigenvalue weighted by molar-refractivity contribution is 0.685. The molecule has 1 atom stereocenters. The molecule has 0 aliphatic heterocycles. The molecular formula is C5H9N3OS. The Morgan fingerprint density at radius 1 is 1.70 bits per heavy atom. The topological polar surface area (TPSA) is 58.6 Å². The fourth-order valence-electron chi connectivity index (χ4n) is 0.635. The molecule has 1 aromatic heterocycles. The number of hydrogen-bond donors (Lipinski definition) is 1. The lowest BCUT2D eigenvalue weighted by Gasteiger charge is -1.85. The van der Waals surface area contributed by atoms with E-state index in [1.807, 2.05) is 6.92 Å². The van der Waals surface area contributed by atoms with Gasteiger partial charge in [-0.2, -0.15) is 5.10 Å². The fraction of sp³-hybridized carbons (Fsp3) is 0.600. The average Bonchev–Trinajstić information content (AvgIpc) is 2.13. The van der Waals surface area contributed by atoms with Gasteiger partial charge in [0.1, 0.15) is 5.82 Å². The zero-order valence-electron chi connectivity index (χ0n) is 5.92. The van der Waals surface area contributed by atoms with Crippen LogP contribution in [-0.2, 0) is 16.6 Å². The van der Waals surface area contributed by atoms with Gasteiger partial charge in [-0.05, 0) is 6.92 Å². The van der Waals surface area contributed by atoms with Gasteiger partial charge in [-0.25, -0.2) is 4.98 Å². The highest BCUT2D eigenvalue weighted by molar-refractivity contribution is 7.83. The number of aryl methyl sites for hydroxylation is 1. The highest BCUT2D eigenvalue weighted by Crippen LogP contribution is 1.93. The second kappa shape index (κ2) is 2.92. The van der Waals surface area contributed by atoms with Crippen LogP contribution in [0.4, 0.5) is 0 Å². The van der Waals surface area contributed by atoms with E-state index < -0.39 is 10.8 Å². The third kappa shape index (κ3) is 1.91. The molecule has 0 aliphatic carbocycles. The van der Waals surface area contributed by atoms with Crippen molar-refractivity contribution in [1.82, 2.24) is 15.2 Å². The van der Waals surface area contributed by atoms with Crippen molar-refractivity contribution >= 4 is 10.8 Å². The zero-order valence-corrected chi connectivity index (χ0v) is 6.73. The molecule has 1 aromatic rings. The fourth-order valence-corrected chi connectivity index (χ4v) is 1.13. The van der Waals surface area contributed by atoms with Crippen molar-refractivity contribution in [3.05, 3.63) is 11.6 Å². The quantitative estimate of drug-likeness (QED) is 0.660. The van der Waals surface area contributed by atoms with Crippen LogP contribution in [0.1, 0.15) is 11.6 Å². The first-order valence-corrected chi connectivity index (χ1v) is 4.59. The summed E-state index contributed by atoms with van der Waals surface area (Å²) in [5.74, 6) is 1.82. The third-order valence-electron chi connectivity index (χ3n) is 0.976. The molecule has 5 heteroatoms. The molecule has 1 heterocycles. The van der Waals surface area contributed by atoms with E-state index in [1.54, 1.807) is 6.26 Å². The Morgan fingerprint density at radius 2 is 2.40 bits per heavy atom. The van der Waals surface area contributed by atoms with Crippen LogP contribution >= 0.6 is 0 Å². The summed E-state index contributed by atoms with van der Waals surface area (Å²) < 4.78 is 10.6. The van der Waals surface area contributed by atoms with Gasteiger partial charge in [-0.1, -0.05) is 0 Å². The molecule has 1 rings (SSSR count). The van der Waals surface area contributed by atoms with Crippen LogP contribution in [0.5, 0.6) is 0 Å². The number of nitrogens with one attached hydrogen (secondary N) is 1. The van der Waals surface area contributed by atoms with Crippen molar-refractivity contribution in [3.8, 4) is 0 Å². The first-order valence-electron chi connectivity index (χ1n) is 2.86. The Morgan fingerprint density at radius 3 is 2.80 bits per heavy atom. The Hall–Kier alpha value is -0.710. The van der Waals surface area contributed by atoms with Crippen molar-refractivity contribution in [2.24, 2.45) is 0 Å². The minimum absolute atomic E-state index is 0.435. The highest BCUT2D eigenvalue weighted by Gasteiger charge is 2.00. The summed E-state index contributed by atoms with van der Waals surface area (Å²) in [5, 5.41) is 6.51. The molecule has 0 bridgehead atoms. The molecular weight excluding hydrogens is 150 g/mol. The Bertz CT molecular complexity index is 245. The van der Waals surface area contributed by atoms with Crippen molar-refractivity contribution in [3.63, 3.8) is 0 Å². The molecule has 0 amide bonds. The first-order chi connectivity index (χ1) is 4.68. The molecule has 4 nitrogen and oxygen atoms in total. The number of rotatable bonds is 2. The largest absolute Gasteiger partial charge is 0.263 e. The normalized spacial score (nSPS) is 13.4. The van der Waals surface area contributed by atoms with Crippen LogP contribution in [0, 0.1) is 6.92 Å². The van der Waals surface area contributed by atoms with Crippen LogP contribution in [0.3, 0.4) is 0 Å². The van der Waals surface area contributed by atoms with Crippen LogP contribution in [0.15, 0.2) is 0 Å². The standard InChI is InChI=1S/C5H9N3OS/c1-4-6-5(8-7-4)3-10(2)9/h3H2,1-2H3,(H,6,7,8). The van der Waals surface area contributed by atoms with Gasteiger partial charge in [-0.3, -0.25) is 9.31 Å². The van der Waals surface area contributed by atoms with E-state index in [4.69, 9.17) is 0 Å². The Balaban J connectivity index is 2.67. The Labute approximate surface area is 61.5 Å². The minimum Gasteiger partial charge on any atom is -0.263 e. The van der Waals surface area contributed by atoms with Crippen molar-refractivity contribution in [1.29, 1.82) is 0 Å². The second-order valence-electron chi connectivity index (χ2n) is 2.05. The molecule has 0 aliphatic rings. The van der Waals surface area contributed by atoms with Gasteiger partial charge < -0.3 is 0 Å². The predicted octanol–water partition coefficient (Wildman–Crippen LogP) is -0.00838. The molecule has 0 aromatic carbocycles. The summed E-state index contributed by atoms with van der Waals surface area (Å²) in [7, 11) is -0.848. The van der Waals surface area contributed by atoms with Crippen molar-refractivity contribution in [2.75, 3.05) is 6.26 Å². The third-order valence-corrected chi connectivity index (χ3v) is 1.64. The van der Waals surface area contributed by atoms with Gasteiger partial charge in [-0.15, -0.1) is 0 Å². The molecule has 0 saturated carbocycles. The second-order valence-corrected chi connectivity index (χ2v) is 3.49. The number of aromatic nitrogens is 3. The number of aromatic amines is 1. The maximum Gasteiger partial charge on any atom is 0.163 e. The maximum absolute atomic E-state index is 10.6.